The lowest BCUT2D eigenvalue weighted by Gasteiger charge is -2.02. The number of anilines is 1. The van der Waals surface area contributed by atoms with Crippen molar-refractivity contribution in [1.82, 2.24) is 9.88 Å². The summed E-state index contributed by atoms with van der Waals surface area (Å²) in [5.41, 5.74) is 1.07. The van der Waals surface area contributed by atoms with Crippen LogP contribution in [0.4, 0.5) is 5.69 Å². The number of amides is 1. The van der Waals surface area contributed by atoms with Gasteiger partial charge in [0.2, 0.25) is 15.9 Å². The van der Waals surface area contributed by atoms with E-state index in [4.69, 9.17) is 4.52 Å². The fraction of sp³-hybridized carbons (Fsp3) is 0.176. The Morgan fingerprint density at radius 1 is 1.30 bits per heavy atom. The highest BCUT2D eigenvalue weighted by molar-refractivity contribution is 7.91. The lowest BCUT2D eigenvalue weighted by Crippen LogP contribution is -2.21. The molecule has 0 bridgehead atoms. The van der Waals surface area contributed by atoms with Gasteiger partial charge in [0.25, 0.3) is 0 Å². The number of sulfonamides is 1. The standard InChI is InChI=1S/C17H17N3O4S3/c1-11-17(19-12(2)21)15(24-20-11)7-5-13-6-8-16(26-13)27(22,23)18-10-14-4-3-9-25-14/h3-9,18H,10H2,1-2H3,(H,19,21). The molecule has 2 N–H and O–H groups in total. The fourth-order valence-corrected chi connectivity index (χ4v) is 5.22. The maximum absolute atomic E-state index is 12.4. The summed E-state index contributed by atoms with van der Waals surface area (Å²) in [6, 6.07) is 7.02. The van der Waals surface area contributed by atoms with E-state index >= 15 is 0 Å². The van der Waals surface area contributed by atoms with Gasteiger partial charge in [0.05, 0.1) is 0 Å². The molecule has 0 unspecified atom stereocenters. The predicted molar refractivity (Wildman–Crippen MR) is 107 cm³/mol. The number of rotatable bonds is 7. The van der Waals surface area contributed by atoms with Gasteiger partial charge >= 0.3 is 0 Å². The van der Waals surface area contributed by atoms with Crippen molar-refractivity contribution in [3.8, 4) is 0 Å². The van der Waals surface area contributed by atoms with Crippen molar-refractivity contribution in [3.63, 3.8) is 0 Å². The summed E-state index contributed by atoms with van der Waals surface area (Å²) in [5.74, 6) is 0.175. The van der Waals surface area contributed by atoms with Crippen LogP contribution in [0.1, 0.15) is 28.1 Å². The summed E-state index contributed by atoms with van der Waals surface area (Å²) in [4.78, 5) is 13.0. The smallest absolute Gasteiger partial charge is 0.250 e. The van der Waals surface area contributed by atoms with Crippen LogP contribution in [0.5, 0.6) is 0 Å². The topological polar surface area (TPSA) is 101 Å². The van der Waals surface area contributed by atoms with Crippen molar-refractivity contribution in [2.75, 3.05) is 5.32 Å². The van der Waals surface area contributed by atoms with Crippen LogP contribution in [0.3, 0.4) is 0 Å². The Balaban J connectivity index is 1.72. The first kappa shape index (κ1) is 19.5. The van der Waals surface area contributed by atoms with Gasteiger partial charge in [0.1, 0.15) is 15.6 Å². The van der Waals surface area contributed by atoms with Gasteiger partial charge in [0, 0.05) is 23.2 Å². The summed E-state index contributed by atoms with van der Waals surface area (Å²) in [6.07, 6.45) is 3.36. The molecule has 0 saturated carbocycles. The quantitative estimate of drug-likeness (QED) is 0.603. The number of thiophene rings is 2. The van der Waals surface area contributed by atoms with E-state index < -0.39 is 10.0 Å². The molecule has 7 nitrogen and oxygen atoms in total. The average Bonchev–Trinajstić information content (AvgIpc) is 3.34. The summed E-state index contributed by atoms with van der Waals surface area (Å²) < 4.78 is 32.8. The molecule has 142 valence electrons. The van der Waals surface area contributed by atoms with Crippen molar-refractivity contribution < 1.29 is 17.7 Å². The monoisotopic (exact) mass is 423 g/mol. The molecule has 0 aliphatic carbocycles. The fourth-order valence-electron chi connectivity index (χ4n) is 2.21. The Morgan fingerprint density at radius 3 is 2.81 bits per heavy atom. The van der Waals surface area contributed by atoms with Crippen LogP contribution in [0.15, 0.2) is 38.4 Å². The molecular formula is C17H17N3O4S3. The third-order valence-corrected chi connectivity index (χ3v) is 7.29. The van der Waals surface area contributed by atoms with Gasteiger partial charge in [-0.15, -0.1) is 22.7 Å². The predicted octanol–water partition coefficient (Wildman–Crippen LogP) is 3.71. The van der Waals surface area contributed by atoms with E-state index in [0.717, 1.165) is 21.1 Å². The Labute approximate surface area is 164 Å². The molecule has 0 aromatic carbocycles. The van der Waals surface area contributed by atoms with E-state index in [0.29, 0.717) is 17.1 Å². The first-order chi connectivity index (χ1) is 12.8. The highest BCUT2D eigenvalue weighted by Gasteiger charge is 2.17. The van der Waals surface area contributed by atoms with Crippen LogP contribution >= 0.6 is 22.7 Å². The van der Waals surface area contributed by atoms with Crippen LogP contribution in [-0.4, -0.2) is 19.5 Å². The number of nitrogens with zero attached hydrogens (tertiary/aromatic N) is 1. The molecule has 3 rings (SSSR count). The molecule has 0 aliphatic heterocycles. The molecular weight excluding hydrogens is 406 g/mol. The third kappa shape index (κ3) is 4.92. The Kier molecular flexibility index (Phi) is 5.90. The lowest BCUT2D eigenvalue weighted by atomic mass is 10.2. The number of aromatic nitrogens is 1. The van der Waals surface area contributed by atoms with E-state index in [1.165, 1.54) is 18.3 Å². The van der Waals surface area contributed by atoms with E-state index in [1.807, 2.05) is 17.5 Å². The average molecular weight is 424 g/mol. The van der Waals surface area contributed by atoms with Gasteiger partial charge < -0.3 is 9.84 Å². The van der Waals surface area contributed by atoms with Crippen molar-refractivity contribution in [1.29, 1.82) is 0 Å². The van der Waals surface area contributed by atoms with Crippen LogP contribution in [0, 0.1) is 6.92 Å². The van der Waals surface area contributed by atoms with Crippen molar-refractivity contribution in [2.24, 2.45) is 0 Å². The third-order valence-electron chi connectivity index (χ3n) is 3.47. The first-order valence-electron chi connectivity index (χ1n) is 7.89. The maximum Gasteiger partial charge on any atom is 0.250 e. The summed E-state index contributed by atoms with van der Waals surface area (Å²) in [7, 11) is -3.57. The van der Waals surface area contributed by atoms with Gasteiger partial charge in [-0.3, -0.25) is 4.79 Å². The van der Waals surface area contributed by atoms with Gasteiger partial charge in [-0.2, -0.15) is 0 Å². The summed E-state index contributed by atoms with van der Waals surface area (Å²) in [6.45, 7) is 3.39. The number of carbonyl (C=O) groups excluding carboxylic acids is 1. The SMILES string of the molecule is CC(=O)Nc1c(C)noc1C=Cc1ccc(S(=O)(=O)NCc2cccs2)s1. The minimum Gasteiger partial charge on any atom is -0.354 e. The molecule has 3 aromatic heterocycles. The molecule has 10 heteroatoms. The number of hydrogen-bond acceptors (Lipinski definition) is 7. The van der Waals surface area contributed by atoms with Gasteiger partial charge in [-0.1, -0.05) is 11.2 Å². The molecule has 0 aliphatic rings. The Morgan fingerprint density at radius 2 is 2.11 bits per heavy atom. The normalized spacial score (nSPS) is 11.9. The van der Waals surface area contributed by atoms with Crippen molar-refractivity contribution in [2.45, 2.75) is 24.6 Å². The second kappa shape index (κ2) is 8.17. The Bertz CT molecular complexity index is 1060. The number of aryl methyl sites for hydroxylation is 1. The van der Waals surface area contributed by atoms with E-state index in [9.17, 15) is 13.2 Å². The zero-order valence-corrected chi connectivity index (χ0v) is 17.0. The molecule has 0 atom stereocenters. The minimum absolute atomic E-state index is 0.225. The number of nitrogens with one attached hydrogen (secondary N) is 2. The van der Waals surface area contributed by atoms with Crippen LogP contribution in [0.2, 0.25) is 0 Å². The van der Waals surface area contributed by atoms with E-state index in [-0.39, 0.29) is 16.7 Å². The van der Waals surface area contributed by atoms with Crippen LogP contribution < -0.4 is 10.0 Å². The largest absolute Gasteiger partial charge is 0.354 e. The van der Waals surface area contributed by atoms with Gasteiger partial charge in [-0.05, 0) is 42.7 Å². The summed E-state index contributed by atoms with van der Waals surface area (Å²) >= 11 is 2.64. The van der Waals surface area contributed by atoms with Crippen molar-refractivity contribution in [3.05, 3.63) is 50.9 Å². The number of carbonyl (C=O) groups is 1. The molecule has 0 radical (unpaired) electrons. The molecule has 0 spiro atoms. The highest BCUT2D eigenvalue weighted by atomic mass is 32.2. The molecule has 1 amide bonds. The highest BCUT2D eigenvalue weighted by Crippen LogP contribution is 2.26. The molecule has 3 heterocycles. The van der Waals surface area contributed by atoms with Crippen LogP contribution in [-0.2, 0) is 21.4 Å². The molecule has 0 fully saturated rings. The second-order valence-electron chi connectivity index (χ2n) is 5.58. The number of hydrogen-bond donors (Lipinski definition) is 2. The summed E-state index contributed by atoms with van der Waals surface area (Å²) in [5, 5.41) is 8.40. The van der Waals surface area contributed by atoms with Gasteiger partial charge in [0.15, 0.2) is 5.76 Å². The zero-order valence-electron chi connectivity index (χ0n) is 14.6. The van der Waals surface area contributed by atoms with Gasteiger partial charge in [-0.25, -0.2) is 13.1 Å². The Hall–Kier alpha value is -2.27. The molecule has 3 aromatic rings. The van der Waals surface area contributed by atoms with E-state index in [1.54, 1.807) is 31.2 Å². The second-order valence-corrected chi connectivity index (χ2v) is 9.72. The first-order valence-corrected chi connectivity index (χ1v) is 11.1. The molecule has 27 heavy (non-hydrogen) atoms. The van der Waals surface area contributed by atoms with E-state index in [2.05, 4.69) is 15.2 Å². The van der Waals surface area contributed by atoms with Crippen molar-refractivity contribution >= 4 is 56.4 Å². The lowest BCUT2D eigenvalue weighted by molar-refractivity contribution is -0.114. The molecule has 0 saturated heterocycles. The minimum atomic E-state index is -3.57. The zero-order chi connectivity index (χ0) is 19.4. The maximum atomic E-state index is 12.4. The van der Waals surface area contributed by atoms with Crippen LogP contribution in [0.25, 0.3) is 12.2 Å².